The maximum atomic E-state index is 6.37. The normalized spacial score (nSPS) is 11.5. The third-order valence-electron chi connectivity index (χ3n) is 10.3. The second kappa shape index (κ2) is 12.5. The molecule has 9 aromatic carbocycles. The number of anilines is 3. The lowest BCUT2D eigenvalue weighted by molar-refractivity contribution is 0.669. The van der Waals surface area contributed by atoms with Crippen LogP contribution in [-0.2, 0) is 0 Å². The minimum Gasteiger partial charge on any atom is -0.456 e. The van der Waals surface area contributed by atoms with Gasteiger partial charge in [0.1, 0.15) is 11.2 Å². The topological polar surface area (TPSA) is 16.4 Å². The van der Waals surface area contributed by atoms with E-state index >= 15 is 0 Å². The molecule has 2 nitrogen and oxygen atoms in total. The summed E-state index contributed by atoms with van der Waals surface area (Å²) in [5.74, 6) is 0. The molecular formula is C50H33NO. The fourth-order valence-electron chi connectivity index (χ4n) is 7.77. The molecule has 10 rings (SSSR count). The number of fused-ring (bicyclic) bond motifs is 5. The van der Waals surface area contributed by atoms with Gasteiger partial charge >= 0.3 is 0 Å². The monoisotopic (exact) mass is 663 g/mol. The third kappa shape index (κ3) is 5.12. The van der Waals surface area contributed by atoms with Crippen LogP contribution < -0.4 is 4.90 Å². The van der Waals surface area contributed by atoms with Crippen LogP contribution in [0, 0.1) is 0 Å². The first kappa shape index (κ1) is 30.0. The largest absolute Gasteiger partial charge is 0.456 e. The lowest BCUT2D eigenvalue weighted by Crippen LogP contribution is -2.10. The molecule has 244 valence electrons. The molecule has 0 bridgehead atoms. The number of para-hydroxylation sites is 1. The fourth-order valence-corrected chi connectivity index (χ4v) is 7.77. The number of hydrogen-bond donors (Lipinski definition) is 0. The molecule has 52 heavy (non-hydrogen) atoms. The van der Waals surface area contributed by atoms with Crippen molar-refractivity contribution in [3.8, 4) is 33.4 Å². The number of rotatable bonds is 6. The van der Waals surface area contributed by atoms with Crippen LogP contribution in [0.25, 0.3) is 76.9 Å². The van der Waals surface area contributed by atoms with Gasteiger partial charge in [0.25, 0.3) is 0 Å². The Hall–Kier alpha value is -6.90. The number of furan rings is 1. The Balaban J connectivity index is 1.12. The predicted molar refractivity (Wildman–Crippen MR) is 220 cm³/mol. The van der Waals surface area contributed by atoms with E-state index in [9.17, 15) is 0 Å². The highest BCUT2D eigenvalue weighted by molar-refractivity contribution is 6.13. The SMILES string of the molecule is c1ccc(-c2cc(-c3ccc(N(c4ccc(-c5cccc6ccccc56)cc4)c4cccc5oc6ccccc6c45)cc3)cc3ccccc23)cc1. The Kier molecular flexibility index (Phi) is 7.18. The van der Waals surface area contributed by atoms with Gasteiger partial charge in [0.2, 0.25) is 0 Å². The molecule has 0 fully saturated rings. The predicted octanol–water partition coefficient (Wildman–Crippen LogP) is 14.4. The zero-order chi connectivity index (χ0) is 34.4. The zero-order valence-corrected chi connectivity index (χ0v) is 28.4. The second-order valence-electron chi connectivity index (χ2n) is 13.3. The van der Waals surface area contributed by atoms with Crippen LogP contribution in [0.3, 0.4) is 0 Å². The molecule has 0 radical (unpaired) electrons. The summed E-state index contributed by atoms with van der Waals surface area (Å²) in [6.07, 6.45) is 0. The molecular weight excluding hydrogens is 631 g/mol. The highest BCUT2D eigenvalue weighted by Gasteiger charge is 2.20. The van der Waals surface area contributed by atoms with E-state index < -0.39 is 0 Å². The molecule has 2 heteroatoms. The first-order valence-corrected chi connectivity index (χ1v) is 17.8. The average molecular weight is 664 g/mol. The lowest BCUT2D eigenvalue weighted by atomic mass is 9.93. The maximum absolute atomic E-state index is 6.37. The van der Waals surface area contributed by atoms with E-state index in [0.29, 0.717) is 0 Å². The van der Waals surface area contributed by atoms with Crippen molar-refractivity contribution >= 4 is 60.5 Å². The minimum absolute atomic E-state index is 0.873. The molecule has 0 aliphatic carbocycles. The summed E-state index contributed by atoms with van der Waals surface area (Å²) in [6, 6.07) is 71.7. The van der Waals surface area contributed by atoms with Gasteiger partial charge in [0, 0.05) is 16.8 Å². The highest BCUT2D eigenvalue weighted by Crippen LogP contribution is 2.44. The quantitative estimate of drug-likeness (QED) is 0.176. The maximum Gasteiger partial charge on any atom is 0.137 e. The zero-order valence-electron chi connectivity index (χ0n) is 28.4. The van der Waals surface area contributed by atoms with Crippen LogP contribution in [0.2, 0.25) is 0 Å². The Morgan fingerprint density at radius 2 is 0.885 bits per heavy atom. The molecule has 0 aliphatic heterocycles. The van der Waals surface area contributed by atoms with Gasteiger partial charge in [-0.1, -0.05) is 146 Å². The summed E-state index contributed by atoms with van der Waals surface area (Å²) in [6.45, 7) is 0. The van der Waals surface area contributed by atoms with E-state index in [1.807, 2.05) is 12.1 Å². The van der Waals surface area contributed by atoms with E-state index in [2.05, 4.69) is 193 Å². The van der Waals surface area contributed by atoms with Crippen LogP contribution in [0.4, 0.5) is 17.1 Å². The average Bonchev–Trinajstić information content (AvgIpc) is 3.61. The standard InChI is InChI=1S/C50H33NO/c1-2-12-36(13-3-1)46-33-39(32-38-15-5-7-18-44(38)46)34-24-28-40(29-25-34)51(47-21-11-23-49-50(47)45-19-8-9-22-48(45)52-49)41-30-26-37(27-31-41)43-20-10-16-35-14-4-6-17-42(35)43/h1-33H. The van der Waals surface area contributed by atoms with E-state index in [-0.39, 0.29) is 0 Å². The first-order valence-electron chi connectivity index (χ1n) is 17.8. The summed E-state index contributed by atoms with van der Waals surface area (Å²) >= 11 is 0. The van der Waals surface area contributed by atoms with Gasteiger partial charge in [-0.3, -0.25) is 0 Å². The Morgan fingerprint density at radius 3 is 1.65 bits per heavy atom. The van der Waals surface area contributed by atoms with Crippen molar-refractivity contribution in [2.45, 2.75) is 0 Å². The van der Waals surface area contributed by atoms with Crippen molar-refractivity contribution in [3.05, 3.63) is 200 Å². The summed E-state index contributed by atoms with van der Waals surface area (Å²) < 4.78 is 6.37. The van der Waals surface area contributed by atoms with Crippen LogP contribution in [0.15, 0.2) is 205 Å². The number of hydrogen-bond acceptors (Lipinski definition) is 2. The van der Waals surface area contributed by atoms with E-state index in [1.165, 1.54) is 54.9 Å². The van der Waals surface area contributed by atoms with Crippen LogP contribution in [0.1, 0.15) is 0 Å². The van der Waals surface area contributed by atoms with Crippen molar-refractivity contribution in [1.29, 1.82) is 0 Å². The summed E-state index contributed by atoms with van der Waals surface area (Å²) in [5, 5.41) is 7.19. The summed E-state index contributed by atoms with van der Waals surface area (Å²) in [5.41, 5.74) is 12.2. The number of benzene rings is 9. The van der Waals surface area contributed by atoms with Gasteiger partial charge in [-0.15, -0.1) is 0 Å². The van der Waals surface area contributed by atoms with Crippen LogP contribution in [0.5, 0.6) is 0 Å². The molecule has 0 saturated heterocycles. The van der Waals surface area contributed by atoms with Gasteiger partial charge in [0.05, 0.1) is 11.1 Å². The molecule has 1 heterocycles. The number of nitrogens with zero attached hydrogens (tertiary/aromatic N) is 1. The lowest BCUT2D eigenvalue weighted by Gasteiger charge is -2.27. The van der Waals surface area contributed by atoms with Crippen LogP contribution >= 0.6 is 0 Å². The van der Waals surface area contributed by atoms with Crippen molar-refractivity contribution in [2.75, 3.05) is 4.90 Å². The van der Waals surface area contributed by atoms with Gasteiger partial charge in [-0.2, -0.15) is 0 Å². The minimum atomic E-state index is 0.873. The highest BCUT2D eigenvalue weighted by atomic mass is 16.3. The van der Waals surface area contributed by atoms with E-state index in [0.717, 1.165) is 39.0 Å². The van der Waals surface area contributed by atoms with E-state index in [1.54, 1.807) is 0 Å². The smallest absolute Gasteiger partial charge is 0.137 e. The Labute approximate surface area is 302 Å². The third-order valence-corrected chi connectivity index (χ3v) is 10.3. The van der Waals surface area contributed by atoms with Gasteiger partial charge in [-0.25, -0.2) is 0 Å². The van der Waals surface area contributed by atoms with Gasteiger partial charge in [0.15, 0.2) is 0 Å². The molecule has 10 aromatic rings. The fraction of sp³-hybridized carbons (Fsp3) is 0. The molecule has 0 aliphatic rings. The molecule has 0 amide bonds. The Bertz CT molecular complexity index is 2880. The van der Waals surface area contributed by atoms with Gasteiger partial charge < -0.3 is 9.32 Å². The summed E-state index contributed by atoms with van der Waals surface area (Å²) in [4.78, 5) is 2.36. The Morgan fingerprint density at radius 1 is 0.327 bits per heavy atom. The molecule has 0 spiro atoms. The first-order chi connectivity index (χ1) is 25.8. The van der Waals surface area contributed by atoms with Gasteiger partial charge in [-0.05, 0) is 110 Å². The van der Waals surface area contributed by atoms with Crippen molar-refractivity contribution in [1.82, 2.24) is 0 Å². The summed E-state index contributed by atoms with van der Waals surface area (Å²) in [7, 11) is 0. The molecule has 0 unspecified atom stereocenters. The second-order valence-corrected chi connectivity index (χ2v) is 13.3. The molecule has 1 aromatic heterocycles. The molecule has 0 N–H and O–H groups in total. The molecule has 0 saturated carbocycles. The van der Waals surface area contributed by atoms with Crippen molar-refractivity contribution < 1.29 is 4.42 Å². The van der Waals surface area contributed by atoms with Crippen LogP contribution in [-0.4, -0.2) is 0 Å². The van der Waals surface area contributed by atoms with Crippen molar-refractivity contribution in [2.24, 2.45) is 0 Å². The van der Waals surface area contributed by atoms with E-state index in [4.69, 9.17) is 4.42 Å². The molecule has 0 atom stereocenters. The van der Waals surface area contributed by atoms with Crippen molar-refractivity contribution in [3.63, 3.8) is 0 Å².